The molecule has 1 saturated carbocycles. The molecule has 2 unspecified atom stereocenters. The summed E-state index contributed by atoms with van der Waals surface area (Å²) in [6, 6.07) is 0. The molecule has 106 valence electrons. The Morgan fingerprint density at radius 2 is 2.26 bits per heavy atom. The Morgan fingerprint density at radius 1 is 1.53 bits per heavy atom. The van der Waals surface area contributed by atoms with Crippen molar-refractivity contribution in [2.75, 3.05) is 7.11 Å². The highest BCUT2D eigenvalue weighted by Crippen LogP contribution is 2.41. The van der Waals surface area contributed by atoms with Crippen molar-refractivity contribution in [3.05, 3.63) is 23.3 Å². The van der Waals surface area contributed by atoms with E-state index in [9.17, 15) is 5.11 Å². The van der Waals surface area contributed by atoms with Crippen molar-refractivity contribution in [3.63, 3.8) is 0 Å². The predicted octanol–water partition coefficient (Wildman–Crippen LogP) is 2.89. The summed E-state index contributed by atoms with van der Waals surface area (Å²) < 4.78 is 5.80. The molecule has 0 aromatic carbocycles. The lowest BCUT2D eigenvalue weighted by Gasteiger charge is -2.37. The summed E-state index contributed by atoms with van der Waals surface area (Å²) >= 11 is 0. The molecule has 0 amide bonds. The Bertz CT molecular complexity index is 448. The molecule has 1 aliphatic rings. The van der Waals surface area contributed by atoms with Crippen molar-refractivity contribution in [2.24, 2.45) is 5.92 Å². The van der Waals surface area contributed by atoms with E-state index in [-0.39, 0.29) is 5.60 Å². The lowest BCUT2D eigenvalue weighted by Crippen LogP contribution is -2.36. The van der Waals surface area contributed by atoms with E-state index in [0.717, 1.165) is 36.3 Å². The minimum absolute atomic E-state index is 0.348. The molecule has 1 aromatic rings. The second-order valence-electron chi connectivity index (χ2n) is 5.81. The lowest BCUT2D eigenvalue weighted by molar-refractivity contribution is -0.0648. The molecule has 3 atom stereocenters. The van der Waals surface area contributed by atoms with E-state index < -0.39 is 6.10 Å². The van der Waals surface area contributed by atoms with E-state index in [1.54, 1.807) is 20.2 Å². The number of nitrogens with zero attached hydrogens (tertiary/aromatic N) is 2. The summed E-state index contributed by atoms with van der Waals surface area (Å²) in [7, 11) is 1.75. The quantitative estimate of drug-likeness (QED) is 0.912. The number of aryl methyl sites for hydroxylation is 1. The van der Waals surface area contributed by atoms with Gasteiger partial charge in [-0.1, -0.05) is 13.3 Å². The topological polar surface area (TPSA) is 55.2 Å². The van der Waals surface area contributed by atoms with Gasteiger partial charge in [-0.2, -0.15) is 0 Å². The number of aliphatic hydroxyl groups is 1. The van der Waals surface area contributed by atoms with Gasteiger partial charge in [0.25, 0.3) is 0 Å². The molecule has 4 heteroatoms. The molecule has 4 nitrogen and oxygen atoms in total. The van der Waals surface area contributed by atoms with Crippen LogP contribution in [0.3, 0.4) is 0 Å². The molecule has 0 spiro atoms. The van der Waals surface area contributed by atoms with Crippen LogP contribution in [0.5, 0.6) is 0 Å². The minimum atomic E-state index is -0.530. The summed E-state index contributed by atoms with van der Waals surface area (Å²) in [4.78, 5) is 9.07. The zero-order valence-electron chi connectivity index (χ0n) is 12.3. The normalized spacial score (nSPS) is 29.2. The van der Waals surface area contributed by atoms with Crippen LogP contribution in [-0.2, 0) is 10.3 Å². The number of hydrogen-bond donors (Lipinski definition) is 1. The number of aliphatic hydroxyl groups excluding tert-OH is 1. The van der Waals surface area contributed by atoms with E-state index in [2.05, 4.69) is 16.9 Å². The van der Waals surface area contributed by atoms with E-state index >= 15 is 0 Å². The Balaban J connectivity index is 2.36. The molecule has 19 heavy (non-hydrogen) atoms. The summed E-state index contributed by atoms with van der Waals surface area (Å²) in [5, 5.41) is 9.66. The van der Waals surface area contributed by atoms with Crippen LogP contribution in [0.15, 0.2) is 6.20 Å². The fourth-order valence-corrected chi connectivity index (χ4v) is 3.09. The summed E-state index contributed by atoms with van der Waals surface area (Å²) in [5.41, 5.74) is 1.29. The first-order chi connectivity index (χ1) is 8.98. The van der Waals surface area contributed by atoms with Crippen molar-refractivity contribution in [2.45, 2.75) is 58.2 Å². The smallest absolute Gasteiger partial charge is 0.160 e. The van der Waals surface area contributed by atoms with Gasteiger partial charge in [-0.15, -0.1) is 0 Å². The molecule has 0 aliphatic heterocycles. The Labute approximate surface area is 115 Å². The van der Waals surface area contributed by atoms with Gasteiger partial charge in [0, 0.05) is 24.6 Å². The maximum atomic E-state index is 9.66. The van der Waals surface area contributed by atoms with Crippen molar-refractivity contribution >= 4 is 0 Å². The third-order valence-electron chi connectivity index (χ3n) is 4.22. The fraction of sp³-hybridized carbons (Fsp3) is 0.733. The first kappa shape index (κ1) is 14.4. The molecular weight excluding hydrogens is 240 g/mol. The molecule has 1 aliphatic carbocycles. The summed E-state index contributed by atoms with van der Waals surface area (Å²) in [5.74, 6) is 1.40. The van der Waals surface area contributed by atoms with E-state index in [1.807, 2.05) is 6.92 Å². The highest BCUT2D eigenvalue weighted by Gasteiger charge is 2.39. The van der Waals surface area contributed by atoms with Crippen molar-refractivity contribution in [1.29, 1.82) is 0 Å². The number of hydrogen-bond acceptors (Lipinski definition) is 4. The standard InChI is InChI=1S/C15H24N2O2/c1-10-6-5-7-15(8-10,19-4)14-16-9-13(12(3)18)11(2)17-14/h9-10,12,18H,5-8H2,1-4H3/t10?,12-,15?/m0/s1. The monoisotopic (exact) mass is 264 g/mol. The molecule has 0 saturated heterocycles. The molecule has 1 fully saturated rings. The van der Waals surface area contributed by atoms with Gasteiger partial charge in [0.05, 0.1) is 6.10 Å². The predicted molar refractivity (Wildman–Crippen MR) is 73.7 cm³/mol. The fourth-order valence-electron chi connectivity index (χ4n) is 3.09. The number of ether oxygens (including phenoxy) is 1. The Kier molecular flexibility index (Phi) is 4.21. The molecule has 1 aromatic heterocycles. The Morgan fingerprint density at radius 3 is 2.79 bits per heavy atom. The van der Waals surface area contributed by atoms with Crippen LogP contribution in [0, 0.1) is 12.8 Å². The zero-order chi connectivity index (χ0) is 14.0. The van der Waals surface area contributed by atoms with Crippen LogP contribution in [0.4, 0.5) is 0 Å². The first-order valence-electron chi connectivity index (χ1n) is 7.06. The van der Waals surface area contributed by atoms with Crippen molar-refractivity contribution in [1.82, 2.24) is 9.97 Å². The average molecular weight is 264 g/mol. The van der Waals surface area contributed by atoms with E-state index in [1.165, 1.54) is 6.42 Å². The van der Waals surface area contributed by atoms with Crippen LogP contribution in [-0.4, -0.2) is 22.2 Å². The molecule has 2 rings (SSSR count). The van der Waals surface area contributed by atoms with Crippen molar-refractivity contribution in [3.8, 4) is 0 Å². The lowest BCUT2D eigenvalue weighted by atomic mass is 9.78. The molecular formula is C15H24N2O2. The summed E-state index contributed by atoms with van der Waals surface area (Å²) in [6.45, 7) is 5.91. The van der Waals surface area contributed by atoms with Crippen molar-refractivity contribution < 1.29 is 9.84 Å². The number of rotatable bonds is 3. The van der Waals surface area contributed by atoms with Gasteiger partial charge in [0.15, 0.2) is 5.82 Å². The SMILES string of the molecule is COC1(c2ncc([C@H](C)O)c(C)n2)CCCC(C)C1. The van der Waals surface area contributed by atoms with Crippen LogP contribution in [0.25, 0.3) is 0 Å². The molecule has 0 radical (unpaired) electrons. The average Bonchev–Trinajstić information content (AvgIpc) is 2.38. The second-order valence-corrected chi connectivity index (χ2v) is 5.81. The van der Waals surface area contributed by atoms with Gasteiger partial charge in [0.1, 0.15) is 5.60 Å². The van der Waals surface area contributed by atoms with Gasteiger partial charge in [-0.05, 0) is 39.0 Å². The van der Waals surface area contributed by atoms with Gasteiger partial charge >= 0.3 is 0 Å². The minimum Gasteiger partial charge on any atom is -0.389 e. The largest absolute Gasteiger partial charge is 0.389 e. The highest BCUT2D eigenvalue weighted by molar-refractivity contribution is 5.20. The van der Waals surface area contributed by atoms with Gasteiger partial charge in [-0.25, -0.2) is 9.97 Å². The third kappa shape index (κ3) is 2.79. The van der Waals surface area contributed by atoms with Crippen LogP contribution >= 0.6 is 0 Å². The van der Waals surface area contributed by atoms with Gasteiger partial charge < -0.3 is 9.84 Å². The number of aromatic nitrogens is 2. The van der Waals surface area contributed by atoms with Gasteiger partial charge in [-0.3, -0.25) is 0 Å². The van der Waals surface area contributed by atoms with E-state index in [4.69, 9.17) is 4.74 Å². The maximum absolute atomic E-state index is 9.66. The maximum Gasteiger partial charge on any atom is 0.160 e. The highest BCUT2D eigenvalue weighted by atomic mass is 16.5. The molecule has 1 heterocycles. The van der Waals surface area contributed by atoms with Crippen LogP contribution in [0.1, 0.15) is 62.7 Å². The molecule has 0 bridgehead atoms. The summed E-state index contributed by atoms with van der Waals surface area (Å²) in [6.07, 6.45) is 5.55. The van der Waals surface area contributed by atoms with Crippen LogP contribution < -0.4 is 0 Å². The third-order valence-corrected chi connectivity index (χ3v) is 4.22. The van der Waals surface area contributed by atoms with E-state index in [0.29, 0.717) is 5.92 Å². The van der Waals surface area contributed by atoms with Crippen LogP contribution in [0.2, 0.25) is 0 Å². The second kappa shape index (κ2) is 5.55. The molecule has 1 N–H and O–H groups in total. The Hall–Kier alpha value is -1.00. The van der Waals surface area contributed by atoms with Gasteiger partial charge in [0.2, 0.25) is 0 Å². The first-order valence-corrected chi connectivity index (χ1v) is 7.06. The number of methoxy groups -OCH3 is 1. The zero-order valence-corrected chi connectivity index (χ0v) is 12.3.